The zero-order chi connectivity index (χ0) is 16.7. The molecular formula is C17H16BrN3O2. The Labute approximate surface area is 142 Å². The van der Waals surface area contributed by atoms with Crippen LogP contribution in [-0.4, -0.2) is 18.0 Å². The molecule has 1 unspecified atom stereocenters. The lowest BCUT2D eigenvalue weighted by Gasteiger charge is -2.11. The SMILES string of the molecule is CC(C(=O)NN=Cc1ccccc1)C(=O)Nc1ccccc1Br. The molecule has 2 N–H and O–H groups in total. The number of nitrogens with one attached hydrogen (secondary N) is 2. The van der Waals surface area contributed by atoms with Gasteiger partial charge in [0.2, 0.25) is 5.91 Å². The molecule has 0 spiro atoms. The Kier molecular flexibility index (Phi) is 6.05. The van der Waals surface area contributed by atoms with Gasteiger partial charge in [0.15, 0.2) is 0 Å². The smallest absolute Gasteiger partial charge is 0.252 e. The maximum Gasteiger partial charge on any atom is 0.252 e. The molecule has 0 fully saturated rings. The van der Waals surface area contributed by atoms with E-state index in [0.717, 1.165) is 10.0 Å². The summed E-state index contributed by atoms with van der Waals surface area (Å²) >= 11 is 3.34. The van der Waals surface area contributed by atoms with Crippen LogP contribution in [0.25, 0.3) is 0 Å². The predicted molar refractivity (Wildman–Crippen MR) is 94.1 cm³/mol. The fraction of sp³-hybridized carbons (Fsp3) is 0.118. The van der Waals surface area contributed by atoms with Gasteiger partial charge in [-0.2, -0.15) is 5.10 Å². The number of benzene rings is 2. The van der Waals surface area contributed by atoms with Crippen LogP contribution in [-0.2, 0) is 9.59 Å². The number of hydrazone groups is 1. The average Bonchev–Trinajstić information content (AvgIpc) is 2.57. The number of hydrogen-bond donors (Lipinski definition) is 2. The number of hydrogen-bond acceptors (Lipinski definition) is 3. The molecule has 23 heavy (non-hydrogen) atoms. The molecule has 2 aromatic rings. The van der Waals surface area contributed by atoms with Gasteiger partial charge >= 0.3 is 0 Å². The van der Waals surface area contributed by atoms with Crippen LogP contribution in [0.15, 0.2) is 64.2 Å². The minimum absolute atomic E-state index is 0.399. The molecule has 0 aliphatic heterocycles. The second-order valence-corrected chi connectivity index (χ2v) is 5.69. The highest BCUT2D eigenvalue weighted by Gasteiger charge is 2.21. The normalized spacial score (nSPS) is 11.9. The molecule has 0 saturated heterocycles. The van der Waals surface area contributed by atoms with E-state index in [-0.39, 0.29) is 0 Å². The summed E-state index contributed by atoms with van der Waals surface area (Å²) in [5.41, 5.74) is 3.85. The minimum atomic E-state index is -0.866. The largest absolute Gasteiger partial charge is 0.324 e. The highest BCUT2D eigenvalue weighted by Crippen LogP contribution is 2.21. The second kappa shape index (κ2) is 8.24. The van der Waals surface area contributed by atoms with Crippen LogP contribution in [0.2, 0.25) is 0 Å². The highest BCUT2D eigenvalue weighted by molar-refractivity contribution is 9.10. The van der Waals surface area contributed by atoms with E-state index in [2.05, 4.69) is 31.8 Å². The van der Waals surface area contributed by atoms with Gasteiger partial charge < -0.3 is 5.32 Å². The van der Waals surface area contributed by atoms with E-state index in [0.29, 0.717) is 5.69 Å². The van der Waals surface area contributed by atoms with Gasteiger partial charge in [-0.15, -0.1) is 0 Å². The molecule has 0 aliphatic carbocycles. The van der Waals surface area contributed by atoms with Crippen molar-refractivity contribution in [1.29, 1.82) is 0 Å². The van der Waals surface area contributed by atoms with Gasteiger partial charge in [-0.25, -0.2) is 5.43 Å². The third kappa shape index (κ3) is 5.03. The molecular weight excluding hydrogens is 358 g/mol. The Balaban J connectivity index is 1.90. The zero-order valence-corrected chi connectivity index (χ0v) is 14.1. The average molecular weight is 374 g/mol. The molecule has 6 heteroatoms. The molecule has 0 radical (unpaired) electrons. The summed E-state index contributed by atoms with van der Waals surface area (Å²) in [6.07, 6.45) is 1.52. The van der Waals surface area contributed by atoms with Crippen molar-refractivity contribution in [3.63, 3.8) is 0 Å². The van der Waals surface area contributed by atoms with E-state index >= 15 is 0 Å². The lowest BCUT2D eigenvalue weighted by atomic mass is 10.1. The molecule has 2 amide bonds. The summed E-state index contributed by atoms with van der Waals surface area (Å²) in [4.78, 5) is 24.0. The van der Waals surface area contributed by atoms with Crippen molar-refractivity contribution >= 4 is 39.6 Å². The number of carbonyl (C=O) groups excluding carboxylic acids is 2. The highest BCUT2D eigenvalue weighted by atomic mass is 79.9. The fourth-order valence-electron chi connectivity index (χ4n) is 1.73. The van der Waals surface area contributed by atoms with Crippen molar-refractivity contribution in [2.75, 3.05) is 5.32 Å². The minimum Gasteiger partial charge on any atom is -0.324 e. The van der Waals surface area contributed by atoms with Crippen molar-refractivity contribution in [2.45, 2.75) is 6.92 Å². The Morgan fingerprint density at radius 1 is 1.04 bits per heavy atom. The Morgan fingerprint density at radius 3 is 2.39 bits per heavy atom. The first-order valence-electron chi connectivity index (χ1n) is 7.01. The van der Waals surface area contributed by atoms with Crippen LogP contribution in [0.3, 0.4) is 0 Å². The third-order valence-corrected chi connectivity index (χ3v) is 3.80. The summed E-state index contributed by atoms with van der Waals surface area (Å²) < 4.78 is 0.753. The van der Waals surface area contributed by atoms with Crippen LogP contribution in [0.5, 0.6) is 0 Å². The molecule has 118 valence electrons. The molecule has 2 rings (SSSR count). The molecule has 0 heterocycles. The topological polar surface area (TPSA) is 70.6 Å². The molecule has 0 aliphatic rings. The first-order valence-corrected chi connectivity index (χ1v) is 7.80. The van der Waals surface area contributed by atoms with Crippen molar-refractivity contribution in [3.05, 3.63) is 64.6 Å². The maximum atomic E-state index is 12.1. The number of rotatable bonds is 5. The summed E-state index contributed by atoms with van der Waals surface area (Å²) in [5.74, 6) is -1.74. The summed E-state index contributed by atoms with van der Waals surface area (Å²) in [6, 6.07) is 16.6. The Hall–Kier alpha value is -2.47. The van der Waals surface area contributed by atoms with E-state index in [9.17, 15) is 9.59 Å². The first-order chi connectivity index (χ1) is 11.1. The summed E-state index contributed by atoms with van der Waals surface area (Å²) in [7, 11) is 0. The molecule has 5 nitrogen and oxygen atoms in total. The summed E-state index contributed by atoms with van der Waals surface area (Å²) in [6.45, 7) is 1.53. The van der Waals surface area contributed by atoms with Gasteiger partial charge in [-0.1, -0.05) is 42.5 Å². The van der Waals surface area contributed by atoms with E-state index in [1.807, 2.05) is 42.5 Å². The standard InChI is InChI=1S/C17H16BrN3O2/c1-12(16(22)20-15-10-6-5-9-14(15)18)17(23)21-19-11-13-7-3-2-4-8-13/h2-12H,1H3,(H,20,22)(H,21,23). The van der Waals surface area contributed by atoms with Gasteiger partial charge in [0.25, 0.3) is 5.91 Å². The van der Waals surface area contributed by atoms with Gasteiger partial charge in [-0.05, 0) is 40.5 Å². The van der Waals surface area contributed by atoms with Gasteiger partial charge in [0.05, 0.1) is 11.9 Å². The Bertz CT molecular complexity index is 717. The van der Waals surface area contributed by atoms with Gasteiger partial charge in [-0.3, -0.25) is 9.59 Å². The number of carbonyl (C=O) groups is 2. The van der Waals surface area contributed by atoms with Crippen LogP contribution in [0, 0.1) is 5.92 Å². The van der Waals surface area contributed by atoms with Crippen LogP contribution in [0.1, 0.15) is 12.5 Å². The second-order valence-electron chi connectivity index (χ2n) is 4.84. The van der Waals surface area contributed by atoms with Crippen molar-refractivity contribution in [1.82, 2.24) is 5.43 Å². The molecule has 0 saturated carbocycles. The number of halogens is 1. The molecule has 1 atom stereocenters. The maximum absolute atomic E-state index is 12.1. The van der Waals surface area contributed by atoms with Gasteiger partial charge in [0, 0.05) is 4.47 Å². The van der Waals surface area contributed by atoms with E-state index in [1.54, 1.807) is 12.1 Å². The summed E-state index contributed by atoms with van der Waals surface area (Å²) in [5, 5.41) is 6.56. The van der Waals surface area contributed by atoms with Crippen molar-refractivity contribution in [2.24, 2.45) is 11.0 Å². The lowest BCUT2D eigenvalue weighted by Crippen LogP contribution is -2.34. The third-order valence-electron chi connectivity index (χ3n) is 3.11. The van der Waals surface area contributed by atoms with E-state index in [1.165, 1.54) is 13.1 Å². The van der Waals surface area contributed by atoms with E-state index < -0.39 is 17.7 Å². The number of anilines is 1. The first kappa shape index (κ1) is 16.9. The Morgan fingerprint density at radius 2 is 1.70 bits per heavy atom. The van der Waals surface area contributed by atoms with E-state index in [4.69, 9.17) is 0 Å². The quantitative estimate of drug-likeness (QED) is 0.480. The van der Waals surface area contributed by atoms with Crippen molar-refractivity contribution in [3.8, 4) is 0 Å². The lowest BCUT2D eigenvalue weighted by molar-refractivity contribution is -0.131. The monoisotopic (exact) mass is 373 g/mol. The number of amides is 2. The van der Waals surface area contributed by atoms with Crippen LogP contribution >= 0.6 is 15.9 Å². The molecule has 2 aromatic carbocycles. The fourth-order valence-corrected chi connectivity index (χ4v) is 2.11. The van der Waals surface area contributed by atoms with Crippen molar-refractivity contribution < 1.29 is 9.59 Å². The molecule has 0 aromatic heterocycles. The predicted octanol–water partition coefficient (Wildman–Crippen LogP) is 3.17. The molecule has 0 bridgehead atoms. The van der Waals surface area contributed by atoms with Crippen LogP contribution < -0.4 is 10.7 Å². The zero-order valence-electron chi connectivity index (χ0n) is 12.5. The van der Waals surface area contributed by atoms with Crippen LogP contribution in [0.4, 0.5) is 5.69 Å². The van der Waals surface area contributed by atoms with Gasteiger partial charge in [0.1, 0.15) is 5.92 Å². The number of para-hydroxylation sites is 1. The number of nitrogens with zero attached hydrogens (tertiary/aromatic N) is 1.